The van der Waals surface area contributed by atoms with Crippen molar-refractivity contribution < 1.29 is 42.5 Å². The molecule has 1 aromatic heterocycles. The first-order valence-electron chi connectivity index (χ1n) is 11.0. The first kappa shape index (κ1) is 32.2. The molecule has 0 aliphatic heterocycles. The van der Waals surface area contributed by atoms with Gasteiger partial charge in [-0.3, -0.25) is 9.09 Å². The maximum absolute atomic E-state index is 13.8. The SMILES string of the molecule is Cn1c(COP(=O)(NCCC[N+](C)(C)Cc2ccccc2)N(CCCl)CCCl)cnc1[N+](=O)[O-].[I-]. The fourth-order valence-corrected chi connectivity index (χ4v) is 6.15. The number of hydrogen-bond donors (Lipinski definition) is 1. The van der Waals surface area contributed by atoms with Crippen molar-refractivity contribution in [2.75, 3.05) is 52.0 Å². The minimum atomic E-state index is -3.51. The Bertz CT molecular complexity index is 961. The van der Waals surface area contributed by atoms with Crippen LogP contribution in [0.3, 0.4) is 0 Å². The largest absolute Gasteiger partial charge is 1.00 e. The Morgan fingerprint density at radius 2 is 1.86 bits per heavy atom. The molecule has 2 rings (SSSR count). The van der Waals surface area contributed by atoms with Crippen LogP contribution in [0, 0.1) is 10.1 Å². The average molecular weight is 663 g/mol. The van der Waals surface area contributed by atoms with Gasteiger partial charge in [0.05, 0.1) is 27.7 Å². The van der Waals surface area contributed by atoms with Crippen LogP contribution in [-0.2, 0) is 29.3 Å². The van der Waals surface area contributed by atoms with Crippen molar-refractivity contribution in [3.05, 3.63) is 57.9 Å². The van der Waals surface area contributed by atoms with Crippen molar-refractivity contribution in [1.29, 1.82) is 0 Å². The third-order valence-electron chi connectivity index (χ3n) is 5.37. The molecule has 1 atom stereocenters. The number of quaternary nitrogens is 1. The molecule has 1 N–H and O–H groups in total. The van der Waals surface area contributed by atoms with Gasteiger partial charge in [-0.1, -0.05) is 35.3 Å². The molecule has 0 spiro atoms. The summed E-state index contributed by atoms with van der Waals surface area (Å²) in [5.41, 5.74) is 1.70. The number of imidazole rings is 1. The van der Waals surface area contributed by atoms with E-state index in [1.54, 1.807) is 4.67 Å². The lowest BCUT2D eigenvalue weighted by molar-refractivity contribution is -0.903. The number of nitrogens with zero attached hydrogens (tertiary/aromatic N) is 5. The first-order chi connectivity index (χ1) is 16.1. The molecule has 1 heterocycles. The summed E-state index contributed by atoms with van der Waals surface area (Å²) in [5.74, 6) is 0.201. The van der Waals surface area contributed by atoms with Crippen molar-refractivity contribution in [2.24, 2.45) is 7.05 Å². The van der Waals surface area contributed by atoms with Gasteiger partial charge in [-0.05, 0) is 4.92 Å². The highest BCUT2D eigenvalue weighted by molar-refractivity contribution is 7.54. The van der Waals surface area contributed by atoms with Gasteiger partial charge in [-0.2, -0.15) is 0 Å². The smallest absolute Gasteiger partial charge is 0.434 e. The summed E-state index contributed by atoms with van der Waals surface area (Å²) in [6.45, 7) is 2.73. The zero-order chi connectivity index (χ0) is 25.2. The van der Waals surface area contributed by atoms with Crippen LogP contribution in [0.1, 0.15) is 17.7 Å². The number of nitro groups is 1. The van der Waals surface area contributed by atoms with Crippen LogP contribution in [0.25, 0.3) is 0 Å². The van der Waals surface area contributed by atoms with Crippen LogP contribution in [0.2, 0.25) is 0 Å². The van der Waals surface area contributed by atoms with Crippen LogP contribution in [-0.4, -0.2) is 75.7 Å². The first-order valence-corrected chi connectivity index (χ1v) is 13.6. The number of rotatable bonds is 16. The Labute approximate surface area is 234 Å². The monoisotopic (exact) mass is 662 g/mol. The van der Waals surface area contributed by atoms with Gasteiger partial charge in [0.15, 0.2) is 0 Å². The second kappa shape index (κ2) is 15.5. The van der Waals surface area contributed by atoms with Gasteiger partial charge in [0.2, 0.25) is 0 Å². The lowest BCUT2D eigenvalue weighted by Crippen LogP contribution is -3.00. The molecule has 0 fully saturated rings. The Balaban J connectivity index is 0.00000612. The highest BCUT2D eigenvalue weighted by atomic mass is 127. The van der Waals surface area contributed by atoms with E-state index in [9.17, 15) is 14.7 Å². The normalized spacial score (nSPS) is 13.4. The van der Waals surface area contributed by atoms with E-state index in [2.05, 4.69) is 36.3 Å². The minimum absolute atomic E-state index is 0. The van der Waals surface area contributed by atoms with E-state index in [1.807, 2.05) is 18.2 Å². The Kier molecular flexibility index (Phi) is 14.2. The quantitative estimate of drug-likeness (QED) is 0.0544. The van der Waals surface area contributed by atoms with Crippen LogP contribution >= 0.6 is 30.9 Å². The maximum atomic E-state index is 13.8. The molecule has 0 radical (unpaired) electrons. The fraction of sp³-hybridized carbons (Fsp3) is 0.571. The van der Waals surface area contributed by atoms with Gasteiger partial charge < -0.3 is 38.6 Å². The van der Waals surface area contributed by atoms with Crippen molar-refractivity contribution in [2.45, 2.75) is 19.6 Å². The number of alkyl halides is 2. The van der Waals surface area contributed by atoms with Gasteiger partial charge in [-0.25, -0.2) is 14.3 Å². The summed E-state index contributed by atoms with van der Waals surface area (Å²) in [4.78, 5) is 14.3. The summed E-state index contributed by atoms with van der Waals surface area (Å²) in [7, 11) is 2.32. The molecule has 10 nitrogen and oxygen atoms in total. The zero-order valence-corrected chi connectivity index (χ0v) is 24.8. The predicted molar refractivity (Wildman–Crippen MR) is 135 cm³/mol. The van der Waals surface area contributed by atoms with E-state index in [1.165, 1.54) is 23.4 Å². The molecular formula is C21H34Cl2IN6O4P. The van der Waals surface area contributed by atoms with Crippen molar-refractivity contribution in [3.63, 3.8) is 0 Å². The van der Waals surface area contributed by atoms with E-state index in [4.69, 9.17) is 27.7 Å². The number of aromatic nitrogens is 2. The van der Waals surface area contributed by atoms with Crippen LogP contribution in [0.4, 0.5) is 5.95 Å². The van der Waals surface area contributed by atoms with Crippen LogP contribution in [0.5, 0.6) is 0 Å². The number of halogens is 3. The van der Waals surface area contributed by atoms with Gasteiger partial charge in [-0.15, -0.1) is 23.2 Å². The zero-order valence-electron chi connectivity index (χ0n) is 20.3. The van der Waals surface area contributed by atoms with Crippen molar-refractivity contribution >= 4 is 36.8 Å². The van der Waals surface area contributed by atoms with Gasteiger partial charge in [0.1, 0.15) is 25.0 Å². The van der Waals surface area contributed by atoms with E-state index in [-0.39, 0.29) is 48.3 Å². The van der Waals surface area contributed by atoms with Gasteiger partial charge in [0, 0.05) is 43.4 Å². The van der Waals surface area contributed by atoms with Crippen molar-refractivity contribution in [1.82, 2.24) is 19.3 Å². The number of benzene rings is 1. The van der Waals surface area contributed by atoms with Gasteiger partial charge in [0.25, 0.3) is 0 Å². The molecule has 14 heteroatoms. The standard InChI is InChI=1S/C21H34Cl2N6O4P.HI/c1-26-20(16-24-21(26)28(30)31)18-33-34(32,27(13-10-22)14-11-23)25-12-7-15-29(2,3)17-19-8-5-4-6-9-19;/h4-6,8-9,16H,7,10-15,17-18H2,1-3H3,(H,25,32);1H/q+1;/p-1. The molecule has 35 heavy (non-hydrogen) atoms. The molecule has 1 unspecified atom stereocenters. The fourth-order valence-electron chi connectivity index (χ4n) is 3.57. The van der Waals surface area contributed by atoms with Gasteiger partial charge >= 0.3 is 13.6 Å². The lowest BCUT2D eigenvalue weighted by Gasteiger charge is -2.32. The molecular weight excluding hydrogens is 629 g/mol. The van der Waals surface area contributed by atoms with Crippen LogP contribution < -0.4 is 29.1 Å². The Morgan fingerprint density at radius 3 is 2.40 bits per heavy atom. The second-order valence-corrected chi connectivity index (χ2v) is 11.5. The summed E-state index contributed by atoms with van der Waals surface area (Å²) in [6.07, 6.45) is 2.11. The molecule has 198 valence electrons. The maximum Gasteiger partial charge on any atom is 0.434 e. The molecule has 0 saturated heterocycles. The van der Waals surface area contributed by atoms with E-state index in [0.717, 1.165) is 24.0 Å². The highest BCUT2D eigenvalue weighted by Gasteiger charge is 2.32. The average Bonchev–Trinajstić information content (AvgIpc) is 3.16. The molecule has 0 aliphatic carbocycles. The van der Waals surface area contributed by atoms with E-state index < -0.39 is 12.6 Å². The summed E-state index contributed by atoms with van der Waals surface area (Å²) < 4.78 is 23.4. The molecule has 0 amide bonds. The molecule has 2 aromatic rings. The highest BCUT2D eigenvalue weighted by Crippen LogP contribution is 2.47. The molecule has 0 saturated carbocycles. The van der Waals surface area contributed by atoms with E-state index in [0.29, 0.717) is 25.3 Å². The molecule has 1 aromatic carbocycles. The predicted octanol–water partition coefficient (Wildman–Crippen LogP) is 0.993. The summed E-state index contributed by atoms with van der Waals surface area (Å²) in [6, 6.07) is 10.3. The molecule has 0 bridgehead atoms. The topological polar surface area (TPSA) is 103 Å². The number of nitrogens with one attached hydrogen (secondary N) is 1. The third-order valence-corrected chi connectivity index (χ3v) is 7.96. The number of hydrogen-bond acceptors (Lipinski definition) is 5. The molecule has 0 aliphatic rings. The third kappa shape index (κ3) is 10.2. The Morgan fingerprint density at radius 1 is 1.23 bits per heavy atom. The minimum Gasteiger partial charge on any atom is -1.00 e. The van der Waals surface area contributed by atoms with E-state index >= 15 is 0 Å². The second-order valence-electron chi connectivity index (χ2n) is 8.56. The Hall–Kier alpha value is -0.790. The summed E-state index contributed by atoms with van der Waals surface area (Å²) >= 11 is 11.9. The van der Waals surface area contributed by atoms with Crippen LogP contribution in [0.15, 0.2) is 36.5 Å². The summed E-state index contributed by atoms with van der Waals surface area (Å²) in [5, 5.41) is 14.2. The van der Waals surface area contributed by atoms with Crippen molar-refractivity contribution in [3.8, 4) is 0 Å². The lowest BCUT2D eigenvalue weighted by atomic mass is 10.2.